The minimum atomic E-state index is -0.709. The Morgan fingerprint density at radius 2 is 1.81 bits per heavy atom. The van der Waals surface area contributed by atoms with E-state index in [-0.39, 0.29) is 0 Å². The van der Waals surface area contributed by atoms with Crippen LogP contribution in [0, 0.1) is 0 Å². The van der Waals surface area contributed by atoms with Crippen molar-refractivity contribution in [2.75, 3.05) is 13.2 Å². The molecule has 0 aliphatic rings. The maximum Gasteiger partial charge on any atom is 0.183 e. The first kappa shape index (κ1) is 16.1. The van der Waals surface area contributed by atoms with E-state index in [2.05, 4.69) is 4.98 Å². The van der Waals surface area contributed by atoms with Crippen LogP contribution < -0.4 is 0 Å². The first-order valence-corrected chi connectivity index (χ1v) is 8.03. The molecule has 2 rings (SSSR count). The number of nitrogens with zero attached hydrogens (tertiary/aromatic N) is 1. The molecule has 1 aromatic heterocycles. The molecule has 1 heterocycles. The van der Waals surface area contributed by atoms with E-state index < -0.39 is 12.4 Å². The lowest BCUT2D eigenvalue weighted by Crippen LogP contribution is -2.33. The van der Waals surface area contributed by atoms with Gasteiger partial charge in [-0.25, -0.2) is 4.98 Å². The minimum Gasteiger partial charge on any atom is -0.387 e. The molecule has 0 radical (unpaired) electrons. The van der Waals surface area contributed by atoms with E-state index in [4.69, 9.17) is 9.47 Å². The van der Waals surface area contributed by atoms with E-state index in [1.54, 1.807) is 11.3 Å². The Morgan fingerprint density at radius 3 is 2.43 bits per heavy atom. The Kier molecular flexibility index (Phi) is 6.32. The Balaban J connectivity index is 2.01. The van der Waals surface area contributed by atoms with Crippen LogP contribution in [0.3, 0.4) is 0 Å². The van der Waals surface area contributed by atoms with Crippen LogP contribution in [-0.4, -0.2) is 35.7 Å². The molecule has 1 unspecified atom stereocenters. The molecule has 1 N–H and O–H groups in total. The lowest BCUT2D eigenvalue weighted by molar-refractivity contribution is -0.188. The van der Waals surface area contributed by atoms with Gasteiger partial charge in [-0.15, -0.1) is 11.3 Å². The maximum absolute atomic E-state index is 10.2. The van der Waals surface area contributed by atoms with Crippen molar-refractivity contribution in [1.29, 1.82) is 0 Å². The summed E-state index contributed by atoms with van der Waals surface area (Å²) < 4.78 is 10.8. The molecule has 0 fully saturated rings. The average Bonchev–Trinajstić information content (AvgIpc) is 2.96. The molecule has 1 atom stereocenters. The fourth-order valence-electron chi connectivity index (χ4n) is 2.02. The van der Waals surface area contributed by atoms with Gasteiger partial charge in [-0.2, -0.15) is 0 Å². The van der Waals surface area contributed by atoms with Crippen molar-refractivity contribution in [3.8, 4) is 11.3 Å². The van der Waals surface area contributed by atoms with Crippen molar-refractivity contribution in [1.82, 2.24) is 4.98 Å². The molecule has 114 valence electrons. The molecule has 0 aliphatic carbocycles. The summed E-state index contributed by atoms with van der Waals surface area (Å²) in [5.41, 5.74) is 2.02. The molecule has 0 aliphatic heterocycles. The molecule has 21 heavy (non-hydrogen) atoms. The van der Waals surface area contributed by atoms with Crippen molar-refractivity contribution in [2.45, 2.75) is 32.7 Å². The Hall–Kier alpha value is -1.27. The van der Waals surface area contributed by atoms with Gasteiger partial charge in [0.15, 0.2) is 6.29 Å². The highest BCUT2D eigenvalue weighted by atomic mass is 32.1. The zero-order valence-corrected chi connectivity index (χ0v) is 13.2. The summed E-state index contributed by atoms with van der Waals surface area (Å²) in [6.45, 7) is 4.79. The van der Waals surface area contributed by atoms with Crippen LogP contribution in [0.4, 0.5) is 0 Å². The molecule has 5 heteroatoms. The Labute approximate surface area is 129 Å². The van der Waals surface area contributed by atoms with E-state index >= 15 is 0 Å². The van der Waals surface area contributed by atoms with Crippen molar-refractivity contribution in [2.24, 2.45) is 0 Å². The van der Waals surface area contributed by atoms with Crippen molar-refractivity contribution < 1.29 is 14.6 Å². The monoisotopic (exact) mass is 307 g/mol. The summed E-state index contributed by atoms with van der Waals surface area (Å²) in [5.74, 6) is 0. The molecule has 1 aromatic carbocycles. The van der Waals surface area contributed by atoms with Gasteiger partial charge in [-0.05, 0) is 13.8 Å². The van der Waals surface area contributed by atoms with Crippen LogP contribution in [-0.2, 0) is 15.9 Å². The zero-order valence-electron chi connectivity index (χ0n) is 12.4. The molecule has 0 spiro atoms. The molecule has 0 saturated heterocycles. The van der Waals surface area contributed by atoms with E-state index in [9.17, 15) is 5.11 Å². The number of ether oxygens (including phenoxy) is 2. The predicted molar refractivity (Wildman–Crippen MR) is 84.3 cm³/mol. The fourth-order valence-corrected chi connectivity index (χ4v) is 2.87. The number of benzene rings is 1. The standard InChI is InChI=1S/C16H21NO3S/c1-3-19-16(20-4-2)14(18)10-15-17-13(11-21-15)12-8-6-5-7-9-12/h5-9,11,14,16,18H,3-4,10H2,1-2H3. The van der Waals surface area contributed by atoms with Gasteiger partial charge in [0.1, 0.15) is 6.10 Å². The second-order valence-corrected chi connectivity index (χ2v) is 5.49. The molecular weight excluding hydrogens is 286 g/mol. The quantitative estimate of drug-likeness (QED) is 0.761. The van der Waals surface area contributed by atoms with E-state index in [0.29, 0.717) is 19.6 Å². The van der Waals surface area contributed by atoms with Crippen LogP contribution in [0.2, 0.25) is 0 Å². The summed E-state index contributed by atoms with van der Waals surface area (Å²) in [4.78, 5) is 4.57. The molecular formula is C16H21NO3S. The van der Waals surface area contributed by atoms with Gasteiger partial charge < -0.3 is 14.6 Å². The molecule has 0 bridgehead atoms. The fraction of sp³-hybridized carbons (Fsp3) is 0.438. The third-order valence-electron chi connectivity index (χ3n) is 2.98. The van der Waals surface area contributed by atoms with Gasteiger partial charge in [0.2, 0.25) is 0 Å². The van der Waals surface area contributed by atoms with Crippen LogP contribution >= 0.6 is 11.3 Å². The normalized spacial score (nSPS) is 12.8. The first-order chi connectivity index (χ1) is 10.2. The van der Waals surface area contributed by atoms with E-state index in [1.165, 1.54) is 0 Å². The molecule has 0 amide bonds. The second-order valence-electron chi connectivity index (χ2n) is 4.54. The largest absolute Gasteiger partial charge is 0.387 e. The summed E-state index contributed by atoms with van der Waals surface area (Å²) in [6, 6.07) is 10.0. The van der Waals surface area contributed by atoms with E-state index in [0.717, 1.165) is 16.3 Å². The number of aromatic nitrogens is 1. The smallest absolute Gasteiger partial charge is 0.183 e. The summed E-state index contributed by atoms with van der Waals surface area (Å²) in [5, 5.41) is 13.1. The summed E-state index contributed by atoms with van der Waals surface area (Å²) in [6.07, 6.45) is -0.869. The lowest BCUT2D eigenvalue weighted by Gasteiger charge is -2.21. The average molecular weight is 307 g/mol. The Bertz CT molecular complexity index is 523. The number of aliphatic hydroxyl groups is 1. The van der Waals surface area contributed by atoms with Gasteiger partial charge >= 0.3 is 0 Å². The van der Waals surface area contributed by atoms with Gasteiger partial charge in [-0.3, -0.25) is 0 Å². The lowest BCUT2D eigenvalue weighted by atomic mass is 10.2. The van der Waals surface area contributed by atoms with Gasteiger partial charge in [0.25, 0.3) is 0 Å². The third-order valence-corrected chi connectivity index (χ3v) is 3.85. The topological polar surface area (TPSA) is 51.6 Å². The molecule has 2 aromatic rings. The molecule has 4 nitrogen and oxygen atoms in total. The van der Waals surface area contributed by atoms with Gasteiger partial charge in [-0.1, -0.05) is 30.3 Å². The number of thiazole rings is 1. The maximum atomic E-state index is 10.2. The zero-order chi connectivity index (χ0) is 15.1. The molecule has 0 saturated carbocycles. The number of aliphatic hydroxyl groups excluding tert-OH is 1. The van der Waals surface area contributed by atoms with E-state index in [1.807, 2.05) is 49.6 Å². The number of rotatable bonds is 8. The minimum absolute atomic E-state index is 0.433. The SMILES string of the molecule is CCOC(OCC)C(O)Cc1nc(-c2ccccc2)cs1. The van der Waals surface area contributed by atoms with Crippen LogP contribution in [0.5, 0.6) is 0 Å². The van der Waals surface area contributed by atoms with Crippen molar-refractivity contribution in [3.05, 3.63) is 40.7 Å². The second kappa shape index (κ2) is 8.24. The van der Waals surface area contributed by atoms with Gasteiger partial charge in [0.05, 0.1) is 10.7 Å². The van der Waals surface area contributed by atoms with Crippen LogP contribution in [0.15, 0.2) is 35.7 Å². The third kappa shape index (κ3) is 4.61. The number of hydrogen-bond acceptors (Lipinski definition) is 5. The highest BCUT2D eigenvalue weighted by molar-refractivity contribution is 7.09. The Morgan fingerprint density at radius 1 is 1.14 bits per heavy atom. The van der Waals surface area contributed by atoms with Crippen molar-refractivity contribution >= 4 is 11.3 Å². The van der Waals surface area contributed by atoms with Crippen LogP contribution in [0.1, 0.15) is 18.9 Å². The highest BCUT2D eigenvalue weighted by Crippen LogP contribution is 2.23. The van der Waals surface area contributed by atoms with Crippen LogP contribution in [0.25, 0.3) is 11.3 Å². The summed E-state index contributed by atoms with van der Waals surface area (Å²) >= 11 is 1.54. The predicted octanol–water partition coefficient (Wildman–Crippen LogP) is 3.11. The van der Waals surface area contributed by atoms with Crippen molar-refractivity contribution in [3.63, 3.8) is 0 Å². The van der Waals surface area contributed by atoms with Gasteiger partial charge in [0, 0.05) is 30.6 Å². The number of hydrogen-bond donors (Lipinski definition) is 1. The first-order valence-electron chi connectivity index (χ1n) is 7.15. The summed E-state index contributed by atoms with van der Waals surface area (Å²) in [7, 11) is 0. The highest BCUT2D eigenvalue weighted by Gasteiger charge is 2.21.